The van der Waals surface area contributed by atoms with E-state index >= 15 is 0 Å². The van der Waals surface area contributed by atoms with E-state index in [9.17, 15) is 18.0 Å². The van der Waals surface area contributed by atoms with Crippen LogP contribution in [0, 0.1) is 6.92 Å². The SMILES string of the molecule is Cc1ccc(S(C)(=O)=O)cc1C(=O)O[C@@H](C(=O)N(C)C)c1ccccc1. The highest BCUT2D eigenvalue weighted by Crippen LogP contribution is 2.23. The van der Waals surface area contributed by atoms with Crippen LogP contribution in [0.2, 0.25) is 0 Å². The second kappa shape index (κ2) is 7.70. The lowest BCUT2D eigenvalue weighted by molar-refractivity contribution is -0.138. The van der Waals surface area contributed by atoms with E-state index in [0.717, 1.165) is 6.26 Å². The van der Waals surface area contributed by atoms with Crippen molar-refractivity contribution in [2.45, 2.75) is 17.9 Å². The van der Waals surface area contributed by atoms with Crippen molar-refractivity contribution in [3.8, 4) is 0 Å². The van der Waals surface area contributed by atoms with E-state index < -0.39 is 21.9 Å². The van der Waals surface area contributed by atoms with Gasteiger partial charge < -0.3 is 9.64 Å². The maximum atomic E-state index is 12.7. The van der Waals surface area contributed by atoms with Crippen molar-refractivity contribution in [2.75, 3.05) is 20.4 Å². The van der Waals surface area contributed by atoms with Crippen molar-refractivity contribution in [1.82, 2.24) is 4.90 Å². The summed E-state index contributed by atoms with van der Waals surface area (Å²) in [5.41, 5.74) is 1.21. The summed E-state index contributed by atoms with van der Waals surface area (Å²) in [6.07, 6.45) is -0.0465. The van der Waals surface area contributed by atoms with Gasteiger partial charge in [-0.25, -0.2) is 13.2 Å². The first-order valence-electron chi connectivity index (χ1n) is 7.89. The Labute approximate surface area is 153 Å². The monoisotopic (exact) mass is 375 g/mol. The summed E-state index contributed by atoms with van der Waals surface area (Å²) in [7, 11) is -0.327. The summed E-state index contributed by atoms with van der Waals surface area (Å²) in [4.78, 5) is 26.5. The first-order chi connectivity index (χ1) is 12.1. The summed E-state index contributed by atoms with van der Waals surface area (Å²) >= 11 is 0. The number of aryl methyl sites for hydroxylation is 1. The number of carbonyl (C=O) groups excluding carboxylic acids is 2. The minimum atomic E-state index is -3.47. The molecule has 0 N–H and O–H groups in total. The topological polar surface area (TPSA) is 80.7 Å². The number of nitrogens with zero attached hydrogens (tertiary/aromatic N) is 1. The Morgan fingerprint density at radius 3 is 2.19 bits per heavy atom. The molecule has 0 aliphatic carbocycles. The summed E-state index contributed by atoms with van der Waals surface area (Å²) < 4.78 is 29.0. The maximum Gasteiger partial charge on any atom is 0.339 e. The van der Waals surface area contributed by atoms with Crippen LogP contribution in [0.4, 0.5) is 0 Å². The molecule has 2 aromatic carbocycles. The molecule has 0 aromatic heterocycles. The van der Waals surface area contributed by atoms with E-state index in [-0.39, 0.29) is 16.4 Å². The molecular weight excluding hydrogens is 354 g/mol. The number of hydrogen-bond donors (Lipinski definition) is 0. The average Bonchev–Trinajstić information content (AvgIpc) is 2.58. The van der Waals surface area contributed by atoms with E-state index in [0.29, 0.717) is 11.1 Å². The largest absolute Gasteiger partial charge is 0.444 e. The second-order valence-corrected chi connectivity index (χ2v) is 8.19. The summed E-state index contributed by atoms with van der Waals surface area (Å²) in [5.74, 6) is -1.14. The third-order valence-corrected chi connectivity index (χ3v) is 4.96. The molecule has 2 rings (SSSR count). The third-order valence-electron chi connectivity index (χ3n) is 3.85. The van der Waals surface area contributed by atoms with Crippen LogP contribution in [-0.4, -0.2) is 45.5 Å². The van der Waals surface area contributed by atoms with E-state index in [1.54, 1.807) is 51.4 Å². The van der Waals surface area contributed by atoms with Gasteiger partial charge in [-0.1, -0.05) is 36.4 Å². The van der Waals surface area contributed by atoms with Gasteiger partial charge in [0.15, 0.2) is 9.84 Å². The van der Waals surface area contributed by atoms with Crippen molar-refractivity contribution < 1.29 is 22.7 Å². The van der Waals surface area contributed by atoms with Gasteiger partial charge in [0.25, 0.3) is 5.91 Å². The van der Waals surface area contributed by atoms with Crippen LogP contribution in [-0.2, 0) is 19.4 Å². The number of carbonyl (C=O) groups is 2. The zero-order valence-corrected chi connectivity index (χ0v) is 15.9. The number of ether oxygens (including phenoxy) is 1. The predicted molar refractivity (Wildman–Crippen MR) is 97.6 cm³/mol. The molecule has 26 heavy (non-hydrogen) atoms. The molecular formula is C19H21NO5S. The van der Waals surface area contributed by atoms with Crippen LogP contribution in [0.1, 0.15) is 27.6 Å². The van der Waals surface area contributed by atoms with Crippen LogP contribution in [0.15, 0.2) is 53.4 Å². The zero-order chi connectivity index (χ0) is 19.5. The Morgan fingerprint density at radius 2 is 1.65 bits per heavy atom. The van der Waals surface area contributed by atoms with Crippen molar-refractivity contribution in [3.05, 3.63) is 65.2 Å². The normalized spacial score (nSPS) is 12.3. The van der Waals surface area contributed by atoms with E-state index in [2.05, 4.69) is 0 Å². The number of esters is 1. The molecule has 0 radical (unpaired) electrons. The summed E-state index contributed by atoms with van der Waals surface area (Å²) in [5, 5.41) is 0. The number of rotatable bonds is 5. The number of benzene rings is 2. The Hall–Kier alpha value is -2.67. The average molecular weight is 375 g/mol. The molecule has 0 spiro atoms. The number of likely N-dealkylation sites (N-methyl/N-ethyl adjacent to an activating group) is 1. The van der Waals surface area contributed by atoms with Crippen molar-refractivity contribution in [1.29, 1.82) is 0 Å². The second-order valence-electron chi connectivity index (χ2n) is 6.18. The highest BCUT2D eigenvalue weighted by Gasteiger charge is 2.28. The molecule has 7 heteroatoms. The van der Waals surface area contributed by atoms with Crippen LogP contribution < -0.4 is 0 Å². The number of amides is 1. The first kappa shape index (κ1) is 19.7. The summed E-state index contributed by atoms with van der Waals surface area (Å²) in [6.45, 7) is 1.67. The minimum Gasteiger partial charge on any atom is -0.444 e. The Kier molecular flexibility index (Phi) is 5.82. The number of hydrogen-bond acceptors (Lipinski definition) is 5. The van der Waals surface area contributed by atoms with Crippen LogP contribution >= 0.6 is 0 Å². The van der Waals surface area contributed by atoms with Gasteiger partial charge in [0.05, 0.1) is 10.5 Å². The molecule has 0 aliphatic heterocycles. The Bertz CT molecular complexity index is 920. The highest BCUT2D eigenvalue weighted by atomic mass is 32.2. The lowest BCUT2D eigenvalue weighted by atomic mass is 10.1. The molecule has 0 bridgehead atoms. The van der Waals surface area contributed by atoms with Gasteiger partial charge >= 0.3 is 5.97 Å². The standard InChI is InChI=1S/C19H21NO5S/c1-13-10-11-15(26(4,23)24)12-16(13)19(22)25-17(18(21)20(2)3)14-8-6-5-7-9-14/h5-12,17H,1-4H3/t17-/m1/s1. The van der Waals surface area contributed by atoms with Crippen LogP contribution in [0.25, 0.3) is 0 Å². The van der Waals surface area contributed by atoms with Crippen LogP contribution in [0.5, 0.6) is 0 Å². The predicted octanol–water partition coefficient (Wildman–Crippen LogP) is 2.38. The fourth-order valence-electron chi connectivity index (χ4n) is 2.35. The molecule has 0 fully saturated rings. The first-order valence-corrected chi connectivity index (χ1v) is 9.78. The van der Waals surface area contributed by atoms with Gasteiger partial charge in [-0.3, -0.25) is 4.79 Å². The highest BCUT2D eigenvalue weighted by molar-refractivity contribution is 7.90. The Balaban J connectivity index is 2.40. The lowest BCUT2D eigenvalue weighted by Gasteiger charge is -2.21. The molecule has 6 nitrogen and oxygen atoms in total. The smallest absolute Gasteiger partial charge is 0.339 e. The van der Waals surface area contributed by atoms with Gasteiger partial charge in [-0.2, -0.15) is 0 Å². The maximum absolute atomic E-state index is 12.7. The molecule has 138 valence electrons. The Morgan fingerprint density at radius 1 is 1.04 bits per heavy atom. The van der Waals surface area contributed by atoms with Crippen LogP contribution in [0.3, 0.4) is 0 Å². The minimum absolute atomic E-state index is 0.0187. The van der Waals surface area contributed by atoms with E-state index in [1.165, 1.54) is 23.1 Å². The fraction of sp³-hybridized carbons (Fsp3) is 0.263. The molecule has 0 unspecified atom stereocenters. The van der Waals surface area contributed by atoms with Crippen molar-refractivity contribution >= 4 is 21.7 Å². The lowest BCUT2D eigenvalue weighted by Crippen LogP contribution is -2.31. The van der Waals surface area contributed by atoms with Crippen molar-refractivity contribution in [2.24, 2.45) is 0 Å². The van der Waals surface area contributed by atoms with Gasteiger partial charge in [-0.05, 0) is 24.6 Å². The van der Waals surface area contributed by atoms with E-state index in [1.807, 2.05) is 0 Å². The van der Waals surface area contributed by atoms with Gasteiger partial charge in [-0.15, -0.1) is 0 Å². The molecule has 0 heterocycles. The van der Waals surface area contributed by atoms with E-state index in [4.69, 9.17) is 4.74 Å². The number of sulfone groups is 1. The summed E-state index contributed by atoms with van der Waals surface area (Å²) in [6, 6.07) is 12.9. The molecule has 0 saturated heterocycles. The van der Waals surface area contributed by atoms with Crippen molar-refractivity contribution in [3.63, 3.8) is 0 Å². The van der Waals surface area contributed by atoms with Gasteiger partial charge in [0.2, 0.25) is 6.10 Å². The molecule has 1 atom stereocenters. The third kappa shape index (κ3) is 4.49. The zero-order valence-electron chi connectivity index (χ0n) is 15.1. The van der Waals surface area contributed by atoms with Gasteiger partial charge in [0.1, 0.15) is 0 Å². The molecule has 0 aliphatic rings. The van der Waals surface area contributed by atoms with Gasteiger partial charge in [0, 0.05) is 25.9 Å². The fourth-order valence-corrected chi connectivity index (χ4v) is 2.99. The quantitative estimate of drug-likeness (QED) is 0.750. The molecule has 1 amide bonds. The molecule has 2 aromatic rings. The molecule has 0 saturated carbocycles.